The predicted molar refractivity (Wildman–Crippen MR) is 103 cm³/mol. The van der Waals surface area contributed by atoms with E-state index in [2.05, 4.69) is 10.6 Å². The molecule has 0 aliphatic heterocycles. The van der Waals surface area contributed by atoms with E-state index in [4.69, 9.17) is 5.11 Å². The van der Waals surface area contributed by atoms with Gasteiger partial charge in [0.2, 0.25) is 11.8 Å². The molecule has 2 aromatic rings. The molecule has 0 saturated carbocycles. The minimum absolute atomic E-state index is 0.0386. The summed E-state index contributed by atoms with van der Waals surface area (Å²) in [5, 5.41) is 13.4. The molecule has 0 heterocycles. The number of carboxylic acid groups (broad SMARTS) is 1. The number of carbonyl (C=O) groups excluding carboxylic acids is 2. The molecule has 0 unspecified atom stereocenters. The second-order valence-electron chi connectivity index (χ2n) is 5.60. The summed E-state index contributed by atoms with van der Waals surface area (Å²) in [6.07, 6.45) is -2.93. The van der Waals surface area contributed by atoms with E-state index in [0.717, 1.165) is 30.0 Å². The molecule has 0 radical (unpaired) electrons. The predicted octanol–water partition coefficient (Wildman–Crippen LogP) is 4.02. The van der Waals surface area contributed by atoms with E-state index >= 15 is 0 Å². The first-order valence-electron chi connectivity index (χ1n) is 8.05. The van der Waals surface area contributed by atoms with Crippen LogP contribution in [0.15, 0.2) is 65.6 Å². The molecular weight excluding hydrogens is 409 g/mol. The van der Waals surface area contributed by atoms with Crippen molar-refractivity contribution in [2.24, 2.45) is 0 Å². The molecule has 10 heteroatoms. The fraction of sp³-hybridized carbons (Fsp3) is 0.105. The van der Waals surface area contributed by atoms with Gasteiger partial charge in [0.15, 0.2) is 0 Å². The first-order chi connectivity index (χ1) is 13.6. The number of alkyl halides is 3. The molecule has 3 N–H and O–H groups in total. The number of hydrogen-bond acceptors (Lipinski definition) is 4. The summed E-state index contributed by atoms with van der Waals surface area (Å²) < 4.78 is 38.1. The van der Waals surface area contributed by atoms with Gasteiger partial charge in [-0.1, -0.05) is 12.1 Å². The number of hydrogen-bond donors (Lipinski definition) is 3. The highest BCUT2D eigenvalue weighted by Crippen LogP contribution is 2.30. The van der Waals surface area contributed by atoms with Crippen molar-refractivity contribution in [1.82, 2.24) is 0 Å². The van der Waals surface area contributed by atoms with Crippen LogP contribution in [0, 0.1) is 0 Å². The summed E-state index contributed by atoms with van der Waals surface area (Å²) in [7, 11) is 0. The number of anilines is 2. The van der Waals surface area contributed by atoms with Gasteiger partial charge in [-0.05, 0) is 36.4 Å². The van der Waals surface area contributed by atoms with E-state index in [0.29, 0.717) is 16.7 Å². The van der Waals surface area contributed by atoms with Gasteiger partial charge >= 0.3 is 12.1 Å². The van der Waals surface area contributed by atoms with E-state index in [1.807, 2.05) is 0 Å². The fourth-order valence-corrected chi connectivity index (χ4v) is 2.87. The number of thioether (sulfide) groups is 1. The minimum atomic E-state index is -4.50. The Hall–Kier alpha value is -3.27. The summed E-state index contributed by atoms with van der Waals surface area (Å²) in [6.45, 7) is 0. The van der Waals surface area contributed by atoms with Gasteiger partial charge < -0.3 is 15.7 Å². The molecule has 2 aromatic carbocycles. The lowest BCUT2D eigenvalue weighted by atomic mass is 10.2. The number of rotatable bonds is 7. The summed E-state index contributed by atoms with van der Waals surface area (Å²) >= 11 is 1.12. The minimum Gasteiger partial charge on any atom is -0.478 e. The molecule has 2 amide bonds. The van der Waals surface area contributed by atoms with Gasteiger partial charge in [-0.25, -0.2) is 4.79 Å². The summed E-state index contributed by atoms with van der Waals surface area (Å²) in [5.74, 6) is -2.44. The first kappa shape index (κ1) is 22.0. The number of benzene rings is 2. The quantitative estimate of drug-likeness (QED) is 0.461. The summed E-state index contributed by atoms with van der Waals surface area (Å²) in [6, 6.07) is 10.8. The van der Waals surface area contributed by atoms with Crippen LogP contribution in [0.3, 0.4) is 0 Å². The molecule has 2 rings (SSSR count). The van der Waals surface area contributed by atoms with Crippen LogP contribution in [-0.2, 0) is 20.6 Å². The Morgan fingerprint density at radius 2 is 1.62 bits per heavy atom. The number of carbonyl (C=O) groups is 3. The number of amides is 2. The second kappa shape index (κ2) is 9.78. The Bertz CT molecular complexity index is 945. The zero-order valence-corrected chi connectivity index (χ0v) is 15.5. The SMILES string of the molecule is O=C(O)/C=C/C(=O)Nc1cccc(SCC(=O)Nc2cccc(C(F)(F)F)c2)c1. The van der Waals surface area contributed by atoms with E-state index in [1.54, 1.807) is 24.3 Å². The van der Waals surface area contributed by atoms with Crippen molar-refractivity contribution in [1.29, 1.82) is 0 Å². The number of halogens is 3. The lowest BCUT2D eigenvalue weighted by Gasteiger charge is -2.10. The Morgan fingerprint density at radius 3 is 2.28 bits per heavy atom. The van der Waals surface area contributed by atoms with Crippen LogP contribution in [0.4, 0.5) is 24.5 Å². The monoisotopic (exact) mass is 424 g/mol. The average molecular weight is 424 g/mol. The van der Waals surface area contributed by atoms with Crippen molar-refractivity contribution in [3.8, 4) is 0 Å². The van der Waals surface area contributed by atoms with Crippen LogP contribution < -0.4 is 10.6 Å². The third-order valence-electron chi connectivity index (χ3n) is 3.32. The van der Waals surface area contributed by atoms with Crippen LogP contribution in [0.1, 0.15) is 5.56 Å². The fourth-order valence-electron chi connectivity index (χ4n) is 2.11. The highest BCUT2D eigenvalue weighted by molar-refractivity contribution is 8.00. The molecule has 0 spiro atoms. The van der Waals surface area contributed by atoms with Gasteiger partial charge in [0.1, 0.15) is 0 Å². The molecule has 0 atom stereocenters. The maximum atomic E-state index is 12.7. The number of aliphatic carboxylic acids is 1. The Kier molecular flexibility index (Phi) is 7.43. The molecule has 6 nitrogen and oxygen atoms in total. The maximum absolute atomic E-state index is 12.7. The normalized spacial score (nSPS) is 11.3. The molecule has 29 heavy (non-hydrogen) atoms. The van der Waals surface area contributed by atoms with Gasteiger partial charge in [0.05, 0.1) is 11.3 Å². The van der Waals surface area contributed by atoms with Crippen LogP contribution in [0.2, 0.25) is 0 Å². The van der Waals surface area contributed by atoms with E-state index in [9.17, 15) is 27.6 Å². The average Bonchev–Trinajstić information content (AvgIpc) is 2.65. The van der Waals surface area contributed by atoms with Crippen molar-refractivity contribution in [3.63, 3.8) is 0 Å². The Balaban J connectivity index is 1.92. The van der Waals surface area contributed by atoms with E-state index in [1.165, 1.54) is 12.1 Å². The number of carboxylic acids is 1. The Labute approximate surface area is 167 Å². The molecule has 0 bridgehead atoms. The van der Waals surface area contributed by atoms with Gasteiger partial charge in [-0.2, -0.15) is 13.2 Å². The topological polar surface area (TPSA) is 95.5 Å². The van der Waals surface area contributed by atoms with Crippen LogP contribution in [0.25, 0.3) is 0 Å². The molecule has 0 fully saturated rings. The van der Waals surface area contributed by atoms with E-state index < -0.39 is 29.5 Å². The zero-order chi connectivity index (χ0) is 21.4. The standard InChI is InChI=1S/C19H15F3N2O4S/c20-19(21,22)12-3-1-4-13(9-12)24-17(26)11-29-15-6-2-5-14(10-15)23-16(25)7-8-18(27)28/h1-10H,11H2,(H,23,25)(H,24,26)(H,27,28)/b8-7+. The van der Waals surface area contributed by atoms with Crippen LogP contribution in [-0.4, -0.2) is 28.6 Å². The summed E-state index contributed by atoms with van der Waals surface area (Å²) in [4.78, 5) is 34.6. The van der Waals surface area contributed by atoms with Gasteiger partial charge in [-0.15, -0.1) is 11.8 Å². The molecule has 152 valence electrons. The largest absolute Gasteiger partial charge is 0.478 e. The molecule has 0 aliphatic carbocycles. The van der Waals surface area contributed by atoms with Gasteiger partial charge in [0.25, 0.3) is 0 Å². The summed E-state index contributed by atoms with van der Waals surface area (Å²) in [5.41, 5.74) is -0.423. The zero-order valence-electron chi connectivity index (χ0n) is 14.7. The van der Waals surface area contributed by atoms with Gasteiger partial charge in [0, 0.05) is 28.4 Å². The lowest BCUT2D eigenvalue weighted by molar-refractivity contribution is -0.137. The van der Waals surface area contributed by atoms with Crippen LogP contribution in [0.5, 0.6) is 0 Å². The smallest absolute Gasteiger partial charge is 0.416 e. The van der Waals surface area contributed by atoms with Gasteiger partial charge in [-0.3, -0.25) is 9.59 Å². The Morgan fingerprint density at radius 1 is 0.966 bits per heavy atom. The van der Waals surface area contributed by atoms with Crippen LogP contribution >= 0.6 is 11.8 Å². The van der Waals surface area contributed by atoms with Crippen molar-refractivity contribution in [3.05, 3.63) is 66.2 Å². The third kappa shape index (κ3) is 7.70. The van der Waals surface area contributed by atoms with Crippen molar-refractivity contribution in [2.75, 3.05) is 16.4 Å². The molecular formula is C19H15F3N2O4S. The highest BCUT2D eigenvalue weighted by Gasteiger charge is 2.30. The number of nitrogens with one attached hydrogen (secondary N) is 2. The molecule has 0 aromatic heterocycles. The highest BCUT2D eigenvalue weighted by atomic mass is 32.2. The first-order valence-corrected chi connectivity index (χ1v) is 9.04. The van der Waals surface area contributed by atoms with Crippen molar-refractivity contribution in [2.45, 2.75) is 11.1 Å². The van der Waals surface area contributed by atoms with Crippen molar-refractivity contribution < 1.29 is 32.7 Å². The van der Waals surface area contributed by atoms with E-state index in [-0.39, 0.29) is 11.4 Å². The lowest BCUT2D eigenvalue weighted by Crippen LogP contribution is -2.15. The third-order valence-corrected chi connectivity index (χ3v) is 4.32. The molecule has 0 saturated heterocycles. The van der Waals surface area contributed by atoms with Crippen molar-refractivity contribution >= 4 is 40.9 Å². The second-order valence-corrected chi connectivity index (χ2v) is 6.65. The molecule has 0 aliphatic rings. The maximum Gasteiger partial charge on any atom is 0.416 e.